The number of nitrogens with zero attached hydrogens (tertiary/aromatic N) is 2. The van der Waals surface area contributed by atoms with E-state index in [4.69, 9.17) is 6.42 Å². The maximum absolute atomic E-state index is 5.51. The number of rotatable bonds is 7. The topological polar surface area (TPSA) is 28.2 Å². The van der Waals surface area contributed by atoms with Crippen molar-refractivity contribution in [2.75, 3.05) is 18.0 Å². The Labute approximate surface area is 116 Å². The van der Waals surface area contributed by atoms with Crippen LogP contribution in [-0.2, 0) is 6.54 Å². The summed E-state index contributed by atoms with van der Waals surface area (Å²) in [4.78, 5) is 6.56. The molecule has 1 fully saturated rings. The lowest BCUT2D eigenvalue weighted by molar-refractivity contribution is 0.587. The second kappa shape index (κ2) is 6.58. The van der Waals surface area contributed by atoms with Gasteiger partial charge in [0, 0.05) is 25.3 Å². The standard InChI is InChI=1S/C16H23N3/c1-4-9-19(12-14-5-6-14)16-11-17-8-7-15(16)10-18-13(2)3/h1,7-8,11,13-14,18H,5-6,9-10,12H2,2-3H3. The van der Waals surface area contributed by atoms with Crippen LogP contribution in [0.5, 0.6) is 0 Å². The van der Waals surface area contributed by atoms with Gasteiger partial charge >= 0.3 is 0 Å². The number of anilines is 1. The molecule has 1 saturated carbocycles. The van der Waals surface area contributed by atoms with Crippen molar-refractivity contribution in [3.05, 3.63) is 24.0 Å². The van der Waals surface area contributed by atoms with Crippen molar-refractivity contribution in [2.24, 2.45) is 5.92 Å². The molecule has 0 aromatic carbocycles. The highest BCUT2D eigenvalue weighted by molar-refractivity contribution is 5.52. The zero-order valence-electron chi connectivity index (χ0n) is 11.9. The fourth-order valence-corrected chi connectivity index (χ4v) is 2.13. The summed E-state index contributed by atoms with van der Waals surface area (Å²) in [6.07, 6.45) is 12.0. The summed E-state index contributed by atoms with van der Waals surface area (Å²) in [5.41, 5.74) is 2.46. The Hall–Kier alpha value is -1.53. The highest BCUT2D eigenvalue weighted by Gasteiger charge is 2.25. The van der Waals surface area contributed by atoms with Crippen LogP contribution >= 0.6 is 0 Å². The van der Waals surface area contributed by atoms with E-state index in [9.17, 15) is 0 Å². The smallest absolute Gasteiger partial charge is 0.0792 e. The Bertz CT molecular complexity index is 444. The van der Waals surface area contributed by atoms with Gasteiger partial charge in [0.2, 0.25) is 0 Å². The first kappa shape index (κ1) is 13.9. The van der Waals surface area contributed by atoms with E-state index < -0.39 is 0 Å². The fraction of sp³-hybridized carbons (Fsp3) is 0.562. The molecule has 102 valence electrons. The van der Waals surface area contributed by atoms with E-state index in [2.05, 4.69) is 41.0 Å². The quantitative estimate of drug-likeness (QED) is 0.760. The first-order valence-corrected chi connectivity index (χ1v) is 7.05. The summed E-state index contributed by atoms with van der Waals surface area (Å²) in [6.45, 7) is 6.90. The normalized spacial score (nSPS) is 14.4. The SMILES string of the molecule is C#CCN(CC1CC1)c1cnccc1CNC(C)C. The first-order chi connectivity index (χ1) is 9.20. The Morgan fingerprint density at radius 3 is 2.95 bits per heavy atom. The summed E-state index contributed by atoms with van der Waals surface area (Å²) >= 11 is 0. The molecular weight excluding hydrogens is 234 g/mol. The van der Waals surface area contributed by atoms with Crippen LogP contribution in [0.1, 0.15) is 32.3 Å². The Morgan fingerprint density at radius 2 is 2.32 bits per heavy atom. The van der Waals surface area contributed by atoms with E-state index in [0.717, 1.165) is 19.0 Å². The summed E-state index contributed by atoms with van der Waals surface area (Å²) in [5.74, 6) is 3.59. The van der Waals surface area contributed by atoms with Crippen molar-refractivity contribution < 1.29 is 0 Å². The van der Waals surface area contributed by atoms with Crippen molar-refractivity contribution in [2.45, 2.75) is 39.3 Å². The lowest BCUT2D eigenvalue weighted by Gasteiger charge is -2.25. The maximum atomic E-state index is 5.51. The predicted molar refractivity (Wildman–Crippen MR) is 80.0 cm³/mol. The number of pyridine rings is 1. The molecule has 0 unspecified atom stereocenters. The van der Waals surface area contributed by atoms with Gasteiger partial charge in [-0.1, -0.05) is 19.8 Å². The number of hydrogen-bond acceptors (Lipinski definition) is 3. The second-order valence-electron chi connectivity index (χ2n) is 5.57. The largest absolute Gasteiger partial charge is 0.359 e. The molecule has 0 spiro atoms. The van der Waals surface area contributed by atoms with Crippen LogP contribution in [0.25, 0.3) is 0 Å². The Kier molecular flexibility index (Phi) is 4.81. The number of aromatic nitrogens is 1. The van der Waals surface area contributed by atoms with E-state index in [-0.39, 0.29) is 0 Å². The van der Waals surface area contributed by atoms with Gasteiger partial charge in [-0.15, -0.1) is 6.42 Å². The molecule has 1 N–H and O–H groups in total. The van der Waals surface area contributed by atoms with Gasteiger partial charge in [-0.25, -0.2) is 0 Å². The Balaban J connectivity index is 2.12. The minimum atomic E-state index is 0.477. The van der Waals surface area contributed by atoms with Crippen molar-refractivity contribution in [1.29, 1.82) is 0 Å². The van der Waals surface area contributed by atoms with Crippen molar-refractivity contribution in [3.63, 3.8) is 0 Å². The molecule has 0 radical (unpaired) electrons. The predicted octanol–water partition coefficient (Wildman–Crippen LogP) is 2.43. The average Bonchev–Trinajstić information content (AvgIpc) is 3.20. The molecule has 2 rings (SSSR count). The molecule has 0 bridgehead atoms. The highest BCUT2D eigenvalue weighted by atomic mass is 15.1. The number of hydrogen-bond donors (Lipinski definition) is 1. The molecule has 1 aromatic rings. The summed E-state index contributed by atoms with van der Waals surface area (Å²) in [5, 5.41) is 3.46. The van der Waals surface area contributed by atoms with Gasteiger partial charge in [0.25, 0.3) is 0 Å². The van der Waals surface area contributed by atoms with E-state index in [1.807, 2.05) is 12.4 Å². The van der Waals surface area contributed by atoms with Gasteiger partial charge < -0.3 is 10.2 Å². The molecule has 3 heteroatoms. The molecule has 0 saturated heterocycles. The monoisotopic (exact) mass is 257 g/mol. The van der Waals surface area contributed by atoms with E-state index in [1.165, 1.54) is 24.1 Å². The summed E-state index contributed by atoms with van der Waals surface area (Å²) in [6, 6.07) is 2.56. The van der Waals surface area contributed by atoms with Gasteiger partial charge in [0.05, 0.1) is 18.4 Å². The van der Waals surface area contributed by atoms with Gasteiger partial charge in [-0.05, 0) is 30.4 Å². The molecule has 1 aliphatic rings. The van der Waals surface area contributed by atoms with Crippen LogP contribution < -0.4 is 10.2 Å². The summed E-state index contributed by atoms with van der Waals surface area (Å²) < 4.78 is 0. The zero-order valence-corrected chi connectivity index (χ0v) is 11.9. The van der Waals surface area contributed by atoms with Crippen LogP contribution in [0.4, 0.5) is 5.69 Å². The summed E-state index contributed by atoms with van der Waals surface area (Å²) in [7, 11) is 0. The first-order valence-electron chi connectivity index (χ1n) is 7.05. The maximum Gasteiger partial charge on any atom is 0.0792 e. The minimum absolute atomic E-state index is 0.477. The number of nitrogens with one attached hydrogen (secondary N) is 1. The van der Waals surface area contributed by atoms with Gasteiger partial charge in [0.1, 0.15) is 0 Å². The molecule has 3 nitrogen and oxygen atoms in total. The van der Waals surface area contributed by atoms with Gasteiger partial charge in [-0.2, -0.15) is 0 Å². The second-order valence-corrected chi connectivity index (χ2v) is 5.57. The Morgan fingerprint density at radius 1 is 1.53 bits per heavy atom. The van der Waals surface area contributed by atoms with Crippen LogP contribution in [0.2, 0.25) is 0 Å². The lowest BCUT2D eigenvalue weighted by atomic mass is 10.2. The molecule has 1 aliphatic carbocycles. The average molecular weight is 257 g/mol. The van der Waals surface area contributed by atoms with Crippen molar-refractivity contribution in [3.8, 4) is 12.3 Å². The van der Waals surface area contributed by atoms with Crippen LogP contribution in [0.15, 0.2) is 18.5 Å². The molecule has 19 heavy (non-hydrogen) atoms. The van der Waals surface area contributed by atoms with E-state index in [0.29, 0.717) is 12.6 Å². The minimum Gasteiger partial charge on any atom is -0.359 e. The van der Waals surface area contributed by atoms with Crippen molar-refractivity contribution in [1.82, 2.24) is 10.3 Å². The molecule has 1 heterocycles. The van der Waals surface area contributed by atoms with Crippen LogP contribution in [-0.4, -0.2) is 24.1 Å². The third-order valence-electron chi connectivity index (χ3n) is 3.39. The third-order valence-corrected chi connectivity index (χ3v) is 3.39. The highest BCUT2D eigenvalue weighted by Crippen LogP contribution is 2.32. The molecular formula is C16H23N3. The van der Waals surface area contributed by atoms with Crippen LogP contribution in [0, 0.1) is 18.3 Å². The van der Waals surface area contributed by atoms with E-state index in [1.54, 1.807) is 0 Å². The van der Waals surface area contributed by atoms with Crippen molar-refractivity contribution >= 4 is 5.69 Å². The molecule has 0 amide bonds. The van der Waals surface area contributed by atoms with Gasteiger partial charge in [0.15, 0.2) is 0 Å². The molecule has 1 aromatic heterocycles. The molecule has 0 aliphatic heterocycles. The van der Waals surface area contributed by atoms with Gasteiger partial charge in [-0.3, -0.25) is 4.98 Å². The fourth-order valence-electron chi connectivity index (χ4n) is 2.13. The van der Waals surface area contributed by atoms with E-state index >= 15 is 0 Å². The lowest BCUT2D eigenvalue weighted by Crippen LogP contribution is -2.29. The zero-order chi connectivity index (χ0) is 13.7. The van der Waals surface area contributed by atoms with Crippen LogP contribution in [0.3, 0.4) is 0 Å². The third kappa shape index (κ3) is 4.25. The molecule has 0 atom stereocenters. The number of terminal acetylenes is 1.